The van der Waals surface area contributed by atoms with Crippen molar-refractivity contribution < 1.29 is 32.2 Å². The second-order valence-corrected chi connectivity index (χ2v) is 11.6. The quantitative estimate of drug-likeness (QED) is 0.555. The lowest BCUT2D eigenvalue weighted by molar-refractivity contribution is -0.137. The van der Waals surface area contributed by atoms with Crippen molar-refractivity contribution in [1.29, 1.82) is 0 Å². The third kappa shape index (κ3) is 5.73. The van der Waals surface area contributed by atoms with Crippen molar-refractivity contribution in [2.75, 3.05) is 45.9 Å². The number of benzene rings is 1. The smallest absolute Gasteiger partial charge is 0.386 e. The van der Waals surface area contributed by atoms with Gasteiger partial charge in [-0.2, -0.15) is 13.2 Å². The molecule has 8 nitrogen and oxygen atoms in total. The fourth-order valence-electron chi connectivity index (χ4n) is 6.91. The van der Waals surface area contributed by atoms with Crippen LogP contribution in [-0.2, 0) is 26.9 Å². The van der Waals surface area contributed by atoms with E-state index in [0.717, 1.165) is 70.4 Å². The Morgan fingerprint density at radius 3 is 2.85 bits per heavy atom. The zero-order chi connectivity index (χ0) is 27.9. The van der Waals surface area contributed by atoms with Crippen LogP contribution in [0, 0.1) is 0 Å². The molecule has 4 atom stereocenters. The minimum absolute atomic E-state index is 0.00215. The van der Waals surface area contributed by atoms with Gasteiger partial charge < -0.3 is 25.0 Å². The molecule has 1 aliphatic carbocycles. The van der Waals surface area contributed by atoms with Gasteiger partial charge in [-0.05, 0) is 68.2 Å². The van der Waals surface area contributed by atoms with Gasteiger partial charge in [-0.1, -0.05) is 6.07 Å². The summed E-state index contributed by atoms with van der Waals surface area (Å²) in [5.41, 5.74) is 2.39. The molecule has 2 saturated heterocycles. The first-order valence-electron chi connectivity index (χ1n) is 14.5. The number of rotatable bonds is 6. The highest BCUT2D eigenvalue weighted by atomic mass is 19.4. The zero-order valence-corrected chi connectivity index (χ0v) is 22.6. The van der Waals surface area contributed by atoms with Crippen molar-refractivity contribution in [1.82, 2.24) is 20.4 Å². The first kappa shape index (κ1) is 27.5. The second-order valence-electron chi connectivity index (χ2n) is 11.6. The summed E-state index contributed by atoms with van der Waals surface area (Å²) < 4.78 is 52.1. The van der Waals surface area contributed by atoms with Crippen LogP contribution in [0.2, 0.25) is 0 Å². The van der Waals surface area contributed by atoms with Gasteiger partial charge in [-0.3, -0.25) is 14.5 Å². The van der Waals surface area contributed by atoms with E-state index in [9.17, 15) is 22.8 Å². The van der Waals surface area contributed by atoms with E-state index in [1.807, 2.05) is 0 Å². The average Bonchev–Trinajstić information content (AvgIpc) is 3.58. The number of likely N-dealkylation sites (tertiary alicyclic amines) is 1. The Kier molecular flexibility index (Phi) is 7.80. The third-order valence-corrected chi connectivity index (χ3v) is 9.01. The number of carbonyl (C=O) groups is 2. The first-order chi connectivity index (χ1) is 19.3. The maximum absolute atomic E-state index is 13.3. The molecule has 11 heteroatoms. The highest BCUT2D eigenvalue weighted by Gasteiger charge is 2.41. The van der Waals surface area contributed by atoms with Crippen LogP contribution in [0.5, 0.6) is 0 Å². The number of ether oxygens (including phenoxy) is 2. The topological polar surface area (TPSA) is 83.1 Å². The molecule has 218 valence electrons. The average molecular weight is 563 g/mol. The molecule has 0 saturated carbocycles. The molecule has 6 rings (SSSR count). The normalized spacial score (nSPS) is 29.3. The summed E-state index contributed by atoms with van der Waals surface area (Å²) in [6.45, 7) is 3.89. The number of halogens is 3. The number of fused-ring (bicyclic) bond motifs is 1. The summed E-state index contributed by atoms with van der Waals surface area (Å²) in [6, 6.07) is 3.39. The number of alkyl halides is 3. The Labute approximate surface area is 232 Å². The van der Waals surface area contributed by atoms with Crippen molar-refractivity contribution in [2.45, 2.75) is 75.4 Å². The van der Waals surface area contributed by atoms with E-state index in [1.54, 1.807) is 0 Å². The number of nitrogens with zero attached hydrogens (tertiary/aromatic N) is 2. The SMILES string of the molecule is O=C(CN1CCc2ccc(C(F)(F)F)cc2C1=O)NC1CN(C2CCCOCC2)C[C@@H]1OC1CCC2=C1NCC2. The van der Waals surface area contributed by atoms with Crippen molar-refractivity contribution in [3.8, 4) is 0 Å². The van der Waals surface area contributed by atoms with Gasteiger partial charge in [0.15, 0.2) is 0 Å². The lowest BCUT2D eigenvalue weighted by Crippen LogP contribution is -2.50. The van der Waals surface area contributed by atoms with E-state index in [0.29, 0.717) is 31.1 Å². The van der Waals surface area contributed by atoms with E-state index in [-0.39, 0.29) is 42.8 Å². The highest BCUT2D eigenvalue weighted by molar-refractivity contribution is 5.99. The number of hydrogen-bond donors (Lipinski definition) is 2. The molecule has 2 N–H and O–H groups in total. The Bertz CT molecular complexity index is 1160. The fourth-order valence-corrected chi connectivity index (χ4v) is 6.91. The monoisotopic (exact) mass is 562 g/mol. The summed E-state index contributed by atoms with van der Waals surface area (Å²) in [5, 5.41) is 6.61. The van der Waals surface area contributed by atoms with Gasteiger partial charge in [0.25, 0.3) is 5.91 Å². The molecule has 4 heterocycles. The van der Waals surface area contributed by atoms with E-state index in [1.165, 1.54) is 22.2 Å². The molecule has 0 spiro atoms. The molecule has 1 aromatic rings. The largest absolute Gasteiger partial charge is 0.416 e. The summed E-state index contributed by atoms with van der Waals surface area (Å²) >= 11 is 0. The molecular weight excluding hydrogens is 525 g/mol. The van der Waals surface area contributed by atoms with Crippen molar-refractivity contribution in [3.05, 3.63) is 46.2 Å². The zero-order valence-electron chi connectivity index (χ0n) is 22.6. The van der Waals surface area contributed by atoms with Crippen LogP contribution in [0.1, 0.15) is 60.0 Å². The predicted octanol–water partition coefficient (Wildman–Crippen LogP) is 2.87. The Hall–Kier alpha value is -2.63. The van der Waals surface area contributed by atoms with Crippen LogP contribution in [0.3, 0.4) is 0 Å². The van der Waals surface area contributed by atoms with Crippen LogP contribution in [-0.4, -0.2) is 91.8 Å². The van der Waals surface area contributed by atoms with E-state index >= 15 is 0 Å². The molecule has 1 aromatic carbocycles. The van der Waals surface area contributed by atoms with Crippen LogP contribution < -0.4 is 10.6 Å². The Balaban J connectivity index is 1.13. The van der Waals surface area contributed by atoms with Gasteiger partial charge in [-0.15, -0.1) is 0 Å². The van der Waals surface area contributed by atoms with Crippen LogP contribution in [0.25, 0.3) is 0 Å². The summed E-state index contributed by atoms with van der Waals surface area (Å²) in [6.07, 6.45) is 1.69. The van der Waals surface area contributed by atoms with Gasteiger partial charge in [0, 0.05) is 56.7 Å². The molecule has 4 aliphatic heterocycles. The highest BCUT2D eigenvalue weighted by Crippen LogP contribution is 2.35. The molecular formula is C29H37F3N4O4. The summed E-state index contributed by atoms with van der Waals surface area (Å²) in [5.74, 6) is -0.863. The van der Waals surface area contributed by atoms with Gasteiger partial charge >= 0.3 is 6.18 Å². The lowest BCUT2D eigenvalue weighted by atomic mass is 9.96. The van der Waals surface area contributed by atoms with Crippen LogP contribution >= 0.6 is 0 Å². The molecule has 0 radical (unpaired) electrons. The molecule has 3 unspecified atom stereocenters. The van der Waals surface area contributed by atoms with Gasteiger partial charge in [0.1, 0.15) is 0 Å². The van der Waals surface area contributed by atoms with Crippen molar-refractivity contribution in [2.24, 2.45) is 0 Å². The Morgan fingerprint density at radius 2 is 2.00 bits per heavy atom. The number of hydrogen-bond acceptors (Lipinski definition) is 6. The number of carbonyl (C=O) groups excluding carboxylic acids is 2. The van der Waals surface area contributed by atoms with Gasteiger partial charge in [0.2, 0.25) is 5.91 Å². The molecule has 40 heavy (non-hydrogen) atoms. The maximum Gasteiger partial charge on any atom is 0.416 e. The fraction of sp³-hybridized carbons (Fsp3) is 0.655. The predicted molar refractivity (Wildman–Crippen MR) is 141 cm³/mol. The second kappa shape index (κ2) is 11.3. The van der Waals surface area contributed by atoms with E-state index in [4.69, 9.17) is 9.47 Å². The third-order valence-electron chi connectivity index (χ3n) is 9.01. The van der Waals surface area contributed by atoms with Crippen LogP contribution in [0.15, 0.2) is 29.5 Å². The standard InChI is InChI=1S/C29H37F3N4O4/c30-29(31,32)20-5-3-18-8-11-35(28(38)22(18)14-20)17-26(37)34-23-15-36(21-2-1-12-39-13-9-21)16-25(23)40-24-6-4-19-7-10-33-27(19)24/h3,5,14,21,23-25,33H,1-2,4,6-13,15-17H2,(H,34,37)/t21?,23?,24?,25-/m0/s1. The molecule has 0 bridgehead atoms. The van der Waals surface area contributed by atoms with Crippen molar-refractivity contribution in [3.63, 3.8) is 0 Å². The maximum atomic E-state index is 13.3. The van der Waals surface area contributed by atoms with Gasteiger partial charge in [0.05, 0.1) is 30.4 Å². The van der Waals surface area contributed by atoms with Gasteiger partial charge in [-0.25, -0.2) is 0 Å². The molecule has 2 amide bonds. The van der Waals surface area contributed by atoms with E-state index in [2.05, 4.69) is 15.5 Å². The molecule has 2 fully saturated rings. The summed E-state index contributed by atoms with van der Waals surface area (Å²) in [4.78, 5) is 30.1. The minimum Gasteiger partial charge on any atom is -0.386 e. The number of nitrogens with one attached hydrogen (secondary N) is 2. The molecule has 0 aromatic heterocycles. The minimum atomic E-state index is -4.54. The Morgan fingerprint density at radius 1 is 1.12 bits per heavy atom. The van der Waals surface area contributed by atoms with Crippen molar-refractivity contribution >= 4 is 11.8 Å². The first-order valence-corrected chi connectivity index (χ1v) is 14.5. The lowest BCUT2D eigenvalue weighted by Gasteiger charge is -2.30. The summed E-state index contributed by atoms with van der Waals surface area (Å²) in [7, 11) is 0. The van der Waals surface area contributed by atoms with E-state index < -0.39 is 17.6 Å². The molecule has 5 aliphatic rings. The van der Waals surface area contributed by atoms with Crippen LogP contribution in [0.4, 0.5) is 13.2 Å². The number of amides is 2.